The van der Waals surface area contributed by atoms with Crippen molar-refractivity contribution in [3.05, 3.63) is 80.9 Å². The van der Waals surface area contributed by atoms with Crippen LogP contribution >= 0.6 is 11.6 Å². The lowest BCUT2D eigenvalue weighted by Gasteiger charge is -2.48. The number of rotatable bonds is 8. The molecule has 3 aromatic rings. The molecule has 0 bridgehead atoms. The predicted molar refractivity (Wildman–Crippen MR) is 125 cm³/mol. The van der Waals surface area contributed by atoms with Gasteiger partial charge in [-0.3, -0.25) is 9.36 Å². The fourth-order valence-corrected chi connectivity index (χ4v) is 4.26. The first-order valence-corrected chi connectivity index (χ1v) is 10.9. The highest BCUT2D eigenvalue weighted by Gasteiger charge is 2.38. The zero-order valence-electron chi connectivity index (χ0n) is 17.9. The SMILES string of the molecule is N=Cc1c(NCc2c(F)cccc2F)ccn(-c2cc(N3[C@H](CO)C[C@@H]3CO)ncc2Cl)c1=O. The molecule has 11 heteroatoms. The van der Waals surface area contributed by atoms with Crippen molar-refractivity contribution in [3.63, 3.8) is 0 Å². The van der Waals surface area contributed by atoms with Gasteiger partial charge in [-0.2, -0.15) is 0 Å². The van der Waals surface area contributed by atoms with Crippen LogP contribution in [0.2, 0.25) is 5.02 Å². The molecule has 0 radical (unpaired) electrons. The predicted octanol–water partition coefficient (Wildman–Crippen LogP) is 2.71. The molecule has 1 aliphatic heterocycles. The zero-order valence-corrected chi connectivity index (χ0v) is 18.6. The monoisotopic (exact) mass is 489 g/mol. The molecule has 4 rings (SSSR count). The van der Waals surface area contributed by atoms with Crippen LogP contribution in [0.1, 0.15) is 17.5 Å². The minimum absolute atomic E-state index is 0.0286. The van der Waals surface area contributed by atoms with Gasteiger partial charge in [-0.25, -0.2) is 13.8 Å². The second kappa shape index (κ2) is 9.88. The largest absolute Gasteiger partial charge is 0.394 e. The van der Waals surface area contributed by atoms with Gasteiger partial charge >= 0.3 is 0 Å². The van der Waals surface area contributed by atoms with Gasteiger partial charge in [0.1, 0.15) is 17.5 Å². The van der Waals surface area contributed by atoms with Crippen LogP contribution in [0.25, 0.3) is 5.69 Å². The van der Waals surface area contributed by atoms with E-state index in [4.69, 9.17) is 17.0 Å². The molecule has 0 spiro atoms. The van der Waals surface area contributed by atoms with Crippen molar-refractivity contribution >= 4 is 29.3 Å². The molecule has 4 N–H and O–H groups in total. The first-order chi connectivity index (χ1) is 16.4. The number of aromatic nitrogens is 2. The van der Waals surface area contributed by atoms with Crippen LogP contribution in [0.5, 0.6) is 0 Å². The fraction of sp³-hybridized carbons (Fsp3) is 0.261. The van der Waals surface area contributed by atoms with E-state index in [1.54, 1.807) is 11.0 Å². The van der Waals surface area contributed by atoms with E-state index in [1.807, 2.05) is 0 Å². The summed E-state index contributed by atoms with van der Waals surface area (Å²) < 4.78 is 29.1. The maximum atomic E-state index is 13.9. The number of pyridine rings is 2. The van der Waals surface area contributed by atoms with E-state index in [-0.39, 0.29) is 53.7 Å². The van der Waals surface area contributed by atoms with Crippen LogP contribution < -0.4 is 15.8 Å². The van der Waals surface area contributed by atoms with Crippen LogP contribution in [0.15, 0.2) is 47.5 Å². The Hall–Kier alpha value is -3.34. The Morgan fingerprint density at radius 2 is 1.88 bits per heavy atom. The highest BCUT2D eigenvalue weighted by molar-refractivity contribution is 6.32. The third-order valence-electron chi connectivity index (χ3n) is 5.89. The average Bonchev–Trinajstić information content (AvgIpc) is 2.80. The van der Waals surface area contributed by atoms with Crippen molar-refractivity contribution in [2.24, 2.45) is 0 Å². The Balaban J connectivity index is 1.68. The van der Waals surface area contributed by atoms with Gasteiger partial charge in [-0.1, -0.05) is 17.7 Å². The van der Waals surface area contributed by atoms with Gasteiger partial charge in [-0.05, 0) is 24.6 Å². The van der Waals surface area contributed by atoms with Crippen molar-refractivity contribution in [2.75, 3.05) is 23.4 Å². The highest BCUT2D eigenvalue weighted by atomic mass is 35.5. The van der Waals surface area contributed by atoms with Crippen molar-refractivity contribution in [1.29, 1.82) is 5.41 Å². The third-order valence-corrected chi connectivity index (χ3v) is 6.18. The summed E-state index contributed by atoms with van der Waals surface area (Å²) in [5, 5.41) is 29.9. The van der Waals surface area contributed by atoms with Gasteiger partial charge < -0.3 is 25.8 Å². The molecule has 1 fully saturated rings. The first kappa shape index (κ1) is 23.8. The van der Waals surface area contributed by atoms with Crippen molar-refractivity contribution in [1.82, 2.24) is 9.55 Å². The van der Waals surface area contributed by atoms with Crippen molar-refractivity contribution in [3.8, 4) is 5.69 Å². The number of nitrogens with zero attached hydrogens (tertiary/aromatic N) is 3. The smallest absolute Gasteiger partial charge is 0.266 e. The number of hydrogen-bond acceptors (Lipinski definition) is 7. The summed E-state index contributed by atoms with van der Waals surface area (Å²) in [5.74, 6) is -1.01. The van der Waals surface area contributed by atoms with E-state index < -0.39 is 17.2 Å². The maximum Gasteiger partial charge on any atom is 0.266 e. The van der Waals surface area contributed by atoms with Crippen LogP contribution in [0, 0.1) is 17.0 Å². The number of aliphatic hydroxyl groups excluding tert-OH is 2. The summed E-state index contributed by atoms with van der Waals surface area (Å²) in [4.78, 5) is 19.2. The van der Waals surface area contributed by atoms with Gasteiger partial charge in [0.15, 0.2) is 0 Å². The Morgan fingerprint density at radius 3 is 2.50 bits per heavy atom. The Morgan fingerprint density at radius 1 is 1.21 bits per heavy atom. The van der Waals surface area contributed by atoms with Crippen molar-refractivity contribution < 1.29 is 19.0 Å². The standard InChI is InChI=1S/C23H22ClF2N5O3/c24-17-10-29-22(31-13(11-32)6-14(31)12-33)7-21(17)30-5-4-20(15(8-27)23(30)34)28-9-16-18(25)2-1-3-19(16)26/h1-5,7-8,10,13-14,27-28,32-33H,6,9,11-12H2/t13-,14+. The summed E-state index contributed by atoms with van der Waals surface area (Å²) in [5.41, 5.74) is -0.261. The van der Waals surface area contributed by atoms with Gasteiger partial charge in [0.25, 0.3) is 5.56 Å². The van der Waals surface area contributed by atoms with E-state index in [1.165, 1.54) is 29.1 Å². The molecule has 1 aromatic carbocycles. The number of hydrogen-bond donors (Lipinski definition) is 4. The number of aliphatic hydroxyl groups is 2. The van der Waals surface area contributed by atoms with Crippen molar-refractivity contribution in [2.45, 2.75) is 25.0 Å². The number of halogens is 3. The second-order valence-corrected chi connectivity index (χ2v) is 8.23. The molecule has 2 atom stereocenters. The van der Waals surface area contributed by atoms with E-state index in [0.717, 1.165) is 18.3 Å². The lowest BCUT2D eigenvalue weighted by molar-refractivity contribution is 0.149. The maximum absolute atomic E-state index is 13.9. The zero-order chi connectivity index (χ0) is 24.4. The summed E-state index contributed by atoms with van der Waals surface area (Å²) in [6.07, 6.45) is 4.27. The molecule has 178 valence electrons. The number of benzene rings is 1. The second-order valence-electron chi connectivity index (χ2n) is 7.83. The van der Waals surface area contributed by atoms with Gasteiger partial charge in [-0.15, -0.1) is 0 Å². The molecule has 3 heterocycles. The molecule has 34 heavy (non-hydrogen) atoms. The summed E-state index contributed by atoms with van der Waals surface area (Å²) in [7, 11) is 0. The fourth-order valence-electron chi connectivity index (χ4n) is 4.06. The third kappa shape index (κ3) is 4.27. The van der Waals surface area contributed by atoms with E-state index in [2.05, 4.69) is 10.3 Å². The highest BCUT2D eigenvalue weighted by Crippen LogP contribution is 2.33. The Bertz CT molecular complexity index is 1260. The minimum atomic E-state index is -0.721. The quantitative estimate of drug-likeness (QED) is 0.362. The lowest BCUT2D eigenvalue weighted by Crippen LogP contribution is -2.59. The van der Waals surface area contributed by atoms with E-state index in [9.17, 15) is 23.8 Å². The topological polar surface area (TPSA) is 114 Å². The molecule has 0 unspecified atom stereocenters. The first-order valence-electron chi connectivity index (χ1n) is 10.5. The van der Waals surface area contributed by atoms with Crippen LogP contribution in [0.3, 0.4) is 0 Å². The van der Waals surface area contributed by atoms with Gasteiger partial charge in [0.2, 0.25) is 0 Å². The van der Waals surface area contributed by atoms with Gasteiger partial charge in [0.05, 0.1) is 53.5 Å². The summed E-state index contributed by atoms with van der Waals surface area (Å²) >= 11 is 6.32. The Labute approximate surface area is 198 Å². The molecule has 0 aliphatic carbocycles. The van der Waals surface area contributed by atoms with E-state index in [0.29, 0.717) is 17.9 Å². The van der Waals surface area contributed by atoms with Crippen LogP contribution in [-0.2, 0) is 6.54 Å². The molecular formula is C23H22ClF2N5O3. The van der Waals surface area contributed by atoms with Gasteiger partial charge in [0, 0.05) is 30.6 Å². The summed E-state index contributed by atoms with van der Waals surface area (Å²) in [6, 6.07) is 6.20. The van der Waals surface area contributed by atoms with E-state index >= 15 is 0 Å². The van der Waals surface area contributed by atoms with Crippen LogP contribution in [-0.4, -0.2) is 51.3 Å². The molecular weight excluding hydrogens is 468 g/mol. The molecule has 8 nitrogen and oxygen atoms in total. The minimum Gasteiger partial charge on any atom is -0.394 e. The molecule has 0 saturated carbocycles. The Kier molecular flexibility index (Phi) is 6.92. The van der Waals surface area contributed by atoms with Crippen LogP contribution in [0.4, 0.5) is 20.3 Å². The molecule has 1 saturated heterocycles. The molecule has 0 amide bonds. The number of anilines is 2. The lowest BCUT2D eigenvalue weighted by atomic mass is 9.94. The molecule has 1 aliphatic rings. The molecule has 2 aromatic heterocycles. The average molecular weight is 490 g/mol. The normalized spacial score (nSPS) is 17.4. The number of nitrogens with one attached hydrogen (secondary N) is 2. The summed E-state index contributed by atoms with van der Waals surface area (Å²) in [6.45, 7) is -0.447.